The quantitative estimate of drug-likeness (QED) is 0.868. The Bertz CT molecular complexity index is 391. The first-order valence-electron chi connectivity index (χ1n) is 4.77. The zero-order valence-electron chi connectivity index (χ0n) is 8.30. The molecule has 1 atom stereocenters. The van der Waals surface area contributed by atoms with Gasteiger partial charge in [0.15, 0.2) is 5.15 Å². The lowest BCUT2D eigenvalue weighted by molar-refractivity contribution is 0.0877. The molecule has 0 bridgehead atoms. The Hall–Kier alpha value is -0.680. The Morgan fingerprint density at radius 2 is 2.27 bits per heavy atom. The van der Waals surface area contributed by atoms with Crippen molar-refractivity contribution in [3.05, 3.63) is 17.2 Å². The SMILES string of the molecule is CCn1cnc(Cl)c1C1(CN)CC1(F)F. The van der Waals surface area contributed by atoms with Crippen molar-refractivity contribution in [2.75, 3.05) is 6.54 Å². The van der Waals surface area contributed by atoms with E-state index in [4.69, 9.17) is 17.3 Å². The van der Waals surface area contributed by atoms with Crippen LogP contribution in [0.2, 0.25) is 5.15 Å². The minimum Gasteiger partial charge on any atom is -0.333 e. The average Bonchev–Trinajstić information content (AvgIpc) is 2.54. The Labute approximate surface area is 91.2 Å². The van der Waals surface area contributed by atoms with Crippen LogP contribution in [0.3, 0.4) is 0 Å². The number of nitrogens with two attached hydrogens (primary N) is 1. The van der Waals surface area contributed by atoms with Crippen LogP contribution >= 0.6 is 11.6 Å². The highest BCUT2D eigenvalue weighted by molar-refractivity contribution is 6.30. The molecular formula is C9H12ClF2N3. The van der Waals surface area contributed by atoms with Gasteiger partial charge in [-0.15, -0.1) is 0 Å². The van der Waals surface area contributed by atoms with Crippen molar-refractivity contribution >= 4 is 11.6 Å². The maximum Gasteiger partial charge on any atom is 0.261 e. The van der Waals surface area contributed by atoms with E-state index in [1.807, 2.05) is 6.92 Å². The van der Waals surface area contributed by atoms with Crippen molar-refractivity contribution in [2.24, 2.45) is 5.73 Å². The summed E-state index contributed by atoms with van der Waals surface area (Å²) in [5.74, 6) is -2.75. The van der Waals surface area contributed by atoms with Crippen LogP contribution in [0.5, 0.6) is 0 Å². The molecule has 1 aliphatic rings. The lowest BCUT2D eigenvalue weighted by atomic mass is 10.0. The third-order valence-electron chi connectivity index (χ3n) is 3.03. The zero-order chi connectivity index (χ0) is 11.3. The predicted octanol–water partition coefficient (Wildman–Crippen LogP) is 1.79. The highest BCUT2D eigenvalue weighted by atomic mass is 35.5. The average molecular weight is 236 g/mol. The minimum absolute atomic E-state index is 0.106. The molecule has 0 aromatic carbocycles. The van der Waals surface area contributed by atoms with E-state index in [0.29, 0.717) is 12.2 Å². The summed E-state index contributed by atoms with van der Waals surface area (Å²) >= 11 is 5.83. The largest absolute Gasteiger partial charge is 0.333 e. The van der Waals surface area contributed by atoms with Gasteiger partial charge in [-0.25, -0.2) is 13.8 Å². The molecule has 1 aromatic heterocycles. The Morgan fingerprint density at radius 3 is 2.67 bits per heavy atom. The second kappa shape index (κ2) is 3.15. The van der Waals surface area contributed by atoms with Gasteiger partial charge in [0.05, 0.1) is 17.4 Å². The van der Waals surface area contributed by atoms with Crippen LogP contribution in [-0.2, 0) is 12.0 Å². The fourth-order valence-electron chi connectivity index (χ4n) is 1.98. The van der Waals surface area contributed by atoms with Crippen LogP contribution in [0.15, 0.2) is 6.33 Å². The Morgan fingerprint density at radius 1 is 1.67 bits per heavy atom. The van der Waals surface area contributed by atoms with Crippen molar-refractivity contribution in [1.29, 1.82) is 0 Å². The topological polar surface area (TPSA) is 43.8 Å². The van der Waals surface area contributed by atoms with Crippen molar-refractivity contribution in [1.82, 2.24) is 9.55 Å². The molecule has 0 radical (unpaired) electrons. The molecule has 2 rings (SSSR count). The van der Waals surface area contributed by atoms with Crippen molar-refractivity contribution in [3.63, 3.8) is 0 Å². The molecule has 1 saturated carbocycles. The maximum absolute atomic E-state index is 13.3. The molecule has 1 aromatic rings. The molecular weight excluding hydrogens is 224 g/mol. The first-order chi connectivity index (χ1) is 6.98. The van der Waals surface area contributed by atoms with Crippen LogP contribution in [0.25, 0.3) is 0 Å². The highest BCUT2D eigenvalue weighted by Crippen LogP contribution is 2.61. The predicted molar refractivity (Wildman–Crippen MR) is 53.2 cm³/mol. The zero-order valence-corrected chi connectivity index (χ0v) is 9.06. The lowest BCUT2D eigenvalue weighted by Crippen LogP contribution is -2.29. The molecule has 1 aliphatic carbocycles. The van der Waals surface area contributed by atoms with Gasteiger partial charge in [0, 0.05) is 19.5 Å². The third-order valence-corrected chi connectivity index (χ3v) is 3.31. The van der Waals surface area contributed by atoms with E-state index in [1.165, 1.54) is 6.33 Å². The summed E-state index contributed by atoms with van der Waals surface area (Å²) in [6.07, 6.45) is 1.24. The van der Waals surface area contributed by atoms with Crippen LogP contribution in [0, 0.1) is 0 Å². The van der Waals surface area contributed by atoms with Crippen molar-refractivity contribution in [2.45, 2.75) is 31.2 Å². The normalized spacial score (nSPS) is 28.1. The summed E-state index contributed by atoms with van der Waals surface area (Å²) in [6, 6.07) is 0. The van der Waals surface area contributed by atoms with Crippen LogP contribution in [-0.4, -0.2) is 22.0 Å². The summed E-state index contributed by atoms with van der Waals surface area (Å²) < 4.78 is 28.3. The number of nitrogens with zero attached hydrogens (tertiary/aromatic N) is 2. The molecule has 0 spiro atoms. The van der Waals surface area contributed by atoms with Crippen LogP contribution in [0.4, 0.5) is 8.78 Å². The van der Waals surface area contributed by atoms with Gasteiger partial charge >= 0.3 is 0 Å². The standard InChI is InChI=1S/C9H12ClF2N3/c1-2-15-5-14-7(10)6(15)8(4-13)3-9(8,11)12/h5H,2-4,13H2,1H3. The van der Waals surface area contributed by atoms with E-state index in [-0.39, 0.29) is 18.1 Å². The lowest BCUT2D eigenvalue weighted by Gasteiger charge is -2.16. The van der Waals surface area contributed by atoms with E-state index >= 15 is 0 Å². The van der Waals surface area contributed by atoms with Gasteiger partial charge in [-0.05, 0) is 6.92 Å². The first kappa shape index (κ1) is 10.8. The molecule has 6 heteroatoms. The van der Waals surface area contributed by atoms with Gasteiger partial charge in [-0.1, -0.05) is 11.6 Å². The molecule has 84 valence electrons. The van der Waals surface area contributed by atoms with Gasteiger partial charge < -0.3 is 10.3 Å². The van der Waals surface area contributed by atoms with Crippen LogP contribution < -0.4 is 5.73 Å². The minimum atomic E-state index is -2.75. The molecule has 0 aliphatic heterocycles. The first-order valence-corrected chi connectivity index (χ1v) is 5.15. The second-order valence-electron chi connectivity index (χ2n) is 3.84. The number of aryl methyl sites for hydroxylation is 1. The summed E-state index contributed by atoms with van der Waals surface area (Å²) in [5.41, 5.74) is 4.53. The molecule has 15 heavy (non-hydrogen) atoms. The van der Waals surface area contributed by atoms with E-state index < -0.39 is 11.3 Å². The molecule has 1 heterocycles. The molecule has 3 nitrogen and oxygen atoms in total. The maximum atomic E-state index is 13.3. The number of halogens is 3. The summed E-state index contributed by atoms with van der Waals surface area (Å²) in [4.78, 5) is 3.85. The highest BCUT2D eigenvalue weighted by Gasteiger charge is 2.73. The van der Waals surface area contributed by atoms with Gasteiger partial charge in [0.2, 0.25) is 0 Å². The third kappa shape index (κ3) is 1.29. The molecule has 1 unspecified atom stereocenters. The van der Waals surface area contributed by atoms with Gasteiger partial charge in [-0.3, -0.25) is 0 Å². The molecule has 1 fully saturated rings. The number of hydrogen-bond acceptors (Lipinski definition) is 2. The number of alkyl halides is 2. The number of rotatable bonds is 3. The van der Waals surface area contributed by atoms with E-state index in [1.54, 1.807) is 4.57 Å². The summed E-state index contributed by atoms with van der Waals surface area (Å²) in [5, 5.41) is 0.138. The smallest absolute Gasteiger partial charge is 0.261 e. The fraction of sp³-hybridized carbons (Fsp3) is 0.667. The van der Waals surface area contributed by atoms with E-state index in [0.717, 1.165) is 0 Å². The molecule has 2 N–H and O–H groups in total. The number of imidazole rings is 1. The monoisotopic (exact) mass is 235 g/mol. The van der Waals surface area contributed by atoms with Gasteiger partial charge in [-0.2, -0.15) is 0 Å². The molecule has 0 amide bonds. The van der Waals surface area contributed by atoms with Gasteiger partial charge in [0.25, 0.3) is 5.92 Å². The van der Waals surface area contributed by atoms with Crippen molar-refractivity contribution < 1.29 is 8.78 Å². The fourth-order valence-corrected chi connectivity index (χ4v) is 2.31. The van der Waals surface area contributed by atoms with Gasteiger partial charge in [0.1, 0.15) is 0 Å². The second-order valence-corrected chi connectivity index (χ2v) is 4.20. The number of hydrogen-bond donors (Lipinski definition) is 1. The van der Waals surface area contributed by atoms with E-state index in [2.05, 4.69) is 4.98 Å². The summed E-state index contributed by atoms with van der Waals surface area (Å²) in [6.45, 7) is 2.31. The van der Waals surface area contributed by atoms with Crippen molar-refractivity contribution in [3.8, 4) is 0 Å². The number of aromatic nitrogens is 2. The van der Waals surface area contributed by atoms with Crippen LogP contribution in [0.1, 0.15) is 19.0 Å². The van der Waals surface area contributed by atoms with E-state index in [9.17, 15) is 8.78 Å². The molecule has 0 saturated heterocycles. The Kier molecular flexibility index (Phi) is 2.28. The Balaban J connectivity index is 2.49. The summed E-state index contributed by atoms with van der Waals surface area (Å²) in [7, 11) is 0.